The Labute approximate surface area is 318 Å². The number of hydrogen-bond donors (Lipinski definition) is 2. The zero-order valence-corrected chi connectivity index (χ0v) is 31.8. The average Bonchev–Trinajstić information content (AvgIpc) is 3.88. The van der Waals surface area contributed by atoms with Gasteiger partial charge in [0, 0.05) is 34.0 Å². The molecule has 1 unspecified atom stereocenters. The Hall–Kier alpha value is -3.12. The monoisotopic (exact) mass is 771 g/mol. The lowest BCUT2D eigenvalue weighted by molar-refractivity contribution is -0.175. The van der Waals surface area contributed by atoms with Gasteiger partial charge in [0.15, 0.2) is 5.76 Å². The maximum Gasteiger partial charge on any atom is 0.416 e. The van der Waals surface area contributed by atoms with Gasteiger partial charge in [0.1, 0.15) is 5.76 Å². The van der Waals surface area contributed by atoms with E-state index in [4.69, 9.17) is 25.5 Å². The van der Waals surface area contributed by atoms with Gasteiger partial charge in [0.05, 0.1) is 48.1 Å². The first-order valence-corrected chi connectivity index (χ1v) is 19.8. The first kappa shape index (κ1) is 37.8. The average molecular weight is 772 g/mol. The molecule has 9 rings (SSSR count). The molecule has 6 aliphatic carbocycles. The summed E-state index contributed by atoms with van der Waals surface area (Å²) in [6.45, 7) is 7.37. The van der Waals surface area contributed by atoms with E-state index in [-0.39, 0.29) is 64.4 Å². The summed E-state index contributed by atoms with van der Waals surface area (Å²) in [4.78, 5) is 30.0. The van der Waals surface area contributed by atoms with Crippen molar-refractivity contribution in [1.29, 1.82) is 0 Å². The van der Waals surface area contributed by atoms with Crippen molar-refractivity contribution in [3.63, 3.8) is 0 Å². The van der Waals surface area contributed by atoms with Crippen LogP contribution in [0.4, 0.5) is 18.0 Å². The lowest BCUT2D eigenvalue weighted by Gasteiger charge is -2.71. The number of fused-ring (bicyclic) bond motifs is 1. The molecule has 2 spiro atoms. The molecule has 12 heteroatoms. The van der Waals surface area contributed by atoms with E-state index >= 15 is 4.79 Å². The summed E-state index contributed by atoms with van der Waals surface area (Å²) in [5, 5.41) is 24.0. The van der Waals surface area contributed by atoms with E-state index in [2.05, 4.69) is 32.1 Å². The molecule has 292 valence electrons. The number of halogens is 4. The van der Waals surface area contributed by atoms with Gasteiger partial charge < -0.3 is 29.0 Å². The lowest BCUT2D eigenvalue weighted by Crippen LogP contribution is -2.67. The van der Waals surface area contributed by atoms with Crippen molar-refractivity contribution in [2.45, 2.75) is 103 Å². The molecule has 1 amide bonds. The molecular formula is C42H49ClF3NO7. The number of rotatable bonds is 8. The van der Waals surface area contributed by atoms with Gasteiger partial charge in [0.25, 0.3) is 0 Å². The number of ketones is 1. The number of Topliss-reactive ketones (excluding diaryl/α,β-unsaturated/α-hetero) is 1. The summed E-state index contributed by atoms with van der Waals surface area (Å²) >= 11 is 6.37. The van der Waals surface area contributed by atoms with E-state index in [9.17, 15) is 28.2 Å². The molecule has 2 heterocycles. The second kappa shape index (κ2) is 13.0. The zero-order valence-electron chi connectivity index (χ0n) is 31.0. The van der Waals surface area contributed by atoms with Crippen LogP contribution in [-0.2, 0) is 15.7 Å². The van der Waals surface area contributed by atoms with Gasteiger partial charge in [-0.05, 0) is 112 Å². The number of nitrogens with zero attached hydrogens (tertiary/aromatic N) is 1. The van der Waals surface area contributed by atoms with E-state index in [1.807, 2.05) is 0 Å². The van der Waals surface area contributed by atoms with Gasteiger partial charge in [-0.3, -0.25) is 4.79 Å². The maximum atomic E-state index is 15.0. The van der Waals surface area contributed by atoms with E-state index in [0.717, 1.165) is 31.4 Å². The van der Waals surface area contributed by atoms with Crippen molar-refractivity contribution in [3.05, 3.63) is 70.5 Å². The number of amides is 1. The molecule has 1 aromatic heterocycles. The minimum absolute atomic E-state index is 0.00673. The Balaban J connectivity index is 1.19. The lowest BCUT2D eigenvalue weighted by atomic mass is 9.32. The highest BCUT2D eigenvalue weighted by Gasteiger charge is 2.74. The van der Waals surface area contributed by atoms with Gasteiger partial charge in [0.2, 0.25) is 5.78 Å². The molecule has 1 aliphatic heterocycles. The number of allylic oxidation sites excluding steroid dienone is 4. The highest BCUT2D eigenvalue weighted by atomic mass is 35.5. The number of aliphatic hydroxyl groups excluding tert-OH is 1. The molecule has 9 atom stereocenters. The van der Waals surface area contributed by atoms with Crippen molar-refractivity contribution in [3.8, 4) is 11.3 Å². The Kier molecular flexibility index (Phi) is 9.07. The standard InChI is InChI=1S/C42H49ClF3NO7/c1-4-52-36(50)47(23-27-6-5-19-53-27)24-40(51)16-13-34-38(40,3)15-12-33-37(2)14-11-26(48)21-39(37)17-18-41(33,34)29(22-39)35(49)32-10-9-31(54-32)28-20-25(42(44,45)46)7-8-30(28)43/h7-10,17-18,20,22,26-27,33-34,48,51H,4-6,11-16,19,21,23-24H2,1-3H3/t26?,27-,33-,34-,37-,38+,39+,40-,41-/m1/s1. The number of alkyl halides is 3. The Morgan fingerprint density at radius 2 is 1.76 bits per heavy atom. The van der Waals surface area contributed by atoms with Crippen molar-refractivity contribution in [2.75, 3.05) is 26.3 Å². The van der Waals surface area contributed by atoms with Gasteiger partial charge in [-0.25, -0.2) is 4.79 Å². The summed E-state index contributed by atoms with van der Waals surface area (Å²) < 4.78 is 58.4. The number of ether oxygens (including phenoxy) is 2. The summed E-state index contributed by atoms with van der Waals surface area (Å²) in [5.74, 6) is -0.524. The number of furan rings is 1. The fourth-order valence-electron chi connectivity index (χ4n) is 12.0. The molecule has 1 saturated heterocycles. The predicted octanol–water partition coefficient (Wildman–Crippen LogP) is 9.03. The molecular weight excluding hydrogens is 723 g/mol. The minimum atomic E-state index is -4.60. The first-order valence-electron chi connectivity index (χ1n) is 19.4. The Bertz CT molecular complexity index is 1900. The van der Waals surface area contributed by atoms with Crippen molar-refractivity contribution >= 4 is 23.5 Å². The smallest absolute Gasteiger partial charge is 0.416 e. The van der Waals surface area contributed by atoms with Crippen LogP contribution in [0.3, 0.4) is 0 Å². The minimum Gasteiger partial charge on any atom is -0.453 e. The van der Waals surface area contributed by atoms with Gasteiger partial charge in [-0.1, -0.05) is 43.7 Å². The third-order valence-corrected chi connectivity index (χ3v) is 15.1. The predicted molar refractivity (Wildman–Crippen MR) is 195 cm³/mol. The molecule has 2 bridgehead atoms. The van der Waals surface area contributed by atoms with Crippen LogP contribution in [0, 0.1) is 33.5 Å². The fraction of sp³-hybridized carbons (Fsp3) is 0.619. The third kappa shape index (κ3) is 5.49. The molecule has 4 fully saturated rings. The second-order valence-electron chi connectivity index (χ2n) is 17.2. The normalized spacial score (nSPS) is 38.1. The molecule has 3 saturated carbocycles. The van der Waals surface area contributed by atoms with Crippen molar-refractivity contribution < 1.29 is 46.9 Å². The number of carbonyl (C=O) groups is 2. The van der Waals surface area contributed by atoms with E-state index in [1.165, 1.54) is 18.2 Å². The Morgan fingerprint density at radius 3 is 2.48 bits per heavy atom. The molecule has 54 heavy (non-hydrogen) atoms. The number of carbonyl (C=O) groups excluding carboxylic acids is 2. The van der Waals surface area contributed by atoms with Crippen LogP contribution < -0.4 is 0 Å². The van der Waals surface area contributed by atoms with Crippen LogP contribution in [0.15, 0.2) is 58.6 Å². The van der Waals surface area contributed by atoms with Gasteiger partial charge in [-0.2, -0.15) is 13.2 Å². The van der Waals surface area contributed by atoms with Crippen LogP contribution in [0.1, 0.15) is 94.7 Å². The number of benzene rings is 1. The maximum absolute atomic E-state index is 15.0. The highest BCUT2D eigenvalue weighted by molar-refractivity contribution is 6.33. The van der Waals surface area contributed by atoms with E-state index in [1.54, 1.807) is 11.8 Å². The Morgan fingerprint density at radius 1 is 1.02 bits per heavy atom. The highest BCUT2D eigenvalue weighted by Crippen LogP contribution is 2.78. The van der Waals surface area contributed by atoms with Gasteiger partial charge in [-0.15, -0.1) is 0 Å². The molecule has 8 nitrogen and oxygen atoms in total. The quantitative estimate of drug-likeness (QED) is 0.204. The second-order valence-corrected chi connectivity index (χ2v) is 17.6. The number of aliphatic hydroxyl groups is 2. The SMILES string of the molecule is CCOC(=O)N(C[C@H]1CCCO1)C[C@]1(O)CC[C@H]2[C@]34C=C[C@@]5(C=C3C(=O)c3ccc(-c6cc(C(F)(F)F)ccc6Cl)o3)CC(O)CC[C@]5(C)[C@H]4CC[C@@]21C. The zero-order chi connectivity index (χ0) is 38.5. The summed E-state index contributed by atoms with van der Waals surface area (Å²) in [6, 6.07) is 5.97. The van der Waals surface area contributed by atoms with Crippen molar-refractivity contribution in [2.24, 2.45) is 33.5 Å². The first-order chi connectivity index (χ1) is 25.5. The molecule has 2 N–H and O–H groups in total. The molecule has 7 aliphatic rings. The van der Waals surface area contributed by atoms with Crippen LogP contribution in [0.2, 0.25) is 5.02 Å². The summed E-state index contributed by atoms with van der Waals surface area (Å²) in [7, 11) is 0. The van der Waals surface area contributed by atoms with Crippen molar-refractivity contribution in [1.82, 2.24) is 4.90 Å². The van der Waals surface area contributed by atoms with Crippen LogP contribution >= 0.6 is 11.6 Å². The van der Waals surface area contributed by atoms with E-state index < -0.39 is 45.8 Å². The molecule has 0 radical (unpaired) electrons. The van der Waals surface area contributed by atoms with Crippen LogP contribution in [-0.4, -0.2) is 71.1 Å². The fourth-order valence-corrected chi connectivity index (χ4v) is 12.2. The molecule has 2 aromatic rings. The summed E-state index contributed by atoms with van der Waals surface area (Å²) in [5.41, 5.74) is -3.99. The van der Waals surface area contributed by atoms with Crippen LogP contribution in [0.25, 0.3) is 11.3 Å². The molecule has 1 aromatic carbocycles. The van der Waals surface area contributed by atoms with Crippen LogP contribution in [0.5, 0.6) is 0 Å². The summed E-state index contributed by atoms with van der Waals surface area (Å²) in [6.07, 6.45) is 6.71. The third-order valence-electron chi connectivity index (χ3n) is 14.8. The van der Waals surface area contributed by atoms with E-state index in [0.29, 0.717) is 57.2 Å². The largest absolute Gasteiger partial charge is 0.453 e. The number of hydrogen-bond acceptors (Lipinski definition) is 7. The van der Waals surface area contributed by atoms with Gasteiger partial charge >= 0.3 is 12.3 Å². The topological polar surface area (TPSA) is 109 Å².